The number of aromatic nitrogens is 2. The lowest BCUT2D eigenvalue weighted by atomic mass is 9.93. The van der Waals surface area contributed by atoms with Crippen molar-refractivity contribution in [2.75, 3.05) is 33.4 Å². The van der Waals surface area contributed by atoms with E-state index in [1.165, 1.54) is 11.3 Å². The Balaban J connectivity index is 1.33. The van der Waals surface area contributed by atoms with Crippen molar-refractivity contribution in [2.24, 2.45) is 11.8 Å². The van der Waals surface area contributed by atoms with Crippen LogP contribution in [-0.4, -0.2) is 60.2 Å². The van der Waals surface area contributed by atoms with Crippen LogP contribution in [0, 0.1) is 11.8 Å². The zero-order valence-electron chi connectivity index (χ0n) is 14.6. The smallest absolute Gasteiger partial charge is 0.270 e. The SMILES string of the molecule is COc1ncccc1CN1C[C@H]2[C@H](CNC(=O)c3cscn3)CO[C@H]2C1. The Morgan fingerprint density at radius 2 is 2.38 bits per heavy atom. The lowest BCUT2D eigenvalue weighted by molar-refractivity contribution is 0.0900. The molecule has 2 aliphatic heterocycles. The molecule has 0 unspecified atom stereocenters. The third-order valence-corrected chi connectivity index (χ3v) is 5.73. The van der Waals surface area contributed by atoms with Gasteiger partial charge in [0.15, 0.2) is 0 Å². The number of amides is 1. The fourth-order valence-corrected chi connectivity index (χ4v) is 4.36. The molecule has 1 N–H and O–H groups in total. The molecule has 2 aromatic rings. The normalized spacial score (nSPS) is 25.2. The van der Waals surface area contributed by atoms with E-state index in [-0.39, 0.29) is 12.0 Å². The second kappa shape index (κ2) is 7.69. The minimum atomic E-state index is -0.107. The number of nitrogens with one attached hydrogen (secondary N) is 1. The Bertz CT molecular complexity index is 755. The van der Waals surface area contributed by atoms with E-state index in [2.05, 4.69) is 20.2 Å². The van der Waals surface area contributed by atoms with Gasteiger partial charge in [-0.05, 0) is 6.07 Å². The first-order chi connectivity index (χ1) is 12.7. The summed E-state index contributed by atoms with van der Waals surface area (Å²) in [5.41, 5.74) is 3.25. The molecule has 8 heteroatoms. The van der Waals surface area contributed by atoms with Crippen LogP contribution in [0.2, 0.25) is 0 Å². The Morgan fingerprint density at radius 3 is 3.19 bits per heavy atom. The van der Waals surface area contributed by atoms with Gasteiger partial charge in [0.1, 0.15) is 5.69 Å². The largest absolute Gasteiger partial charge is 0.481 e. The zero-order chi connectivity index (χ0) is 17.9. The number of fused-ring (bicyclic) bond motifs is 1. The number of likely N-dealkylation sites (tertiary alicyclic amines) is 1. The van der Waals surface area contributed by atoms with Crippen molar-refractivity contribution in [3.8, 4) is 5.88 Å². The maximum absolute atomic E-state index is 12.1. The Hall–Kier alpha value is -2.03. The summed E-state index contributed by atoms with van der Waals surface area (Å²) in [6.45, 7) is 3.99. The number of hydrogen-bond acceptors (Lipinski definition) is 7. The van der Waals surface area contributed by atoms with E-state index in [1.807, 2.05) is 12.1 Å². The second-order valence-electron chi connectivity index (χ2n) is 6.75. The monoisotopic (exact) mass is 374 g/mol. The third-order valence-electron chi connectivity index (χ3n) is 5.14. The summed E-state index contributed by atoms with van der Waals surface area (Å²) in [6.07, 6.45) is 1.98. The maximum Gasteiger partial charge on any atom is 0.270 e. The van der Waals surface area contributed by atoms with Gasteiger partial charge >= 0.3 is 0 Å². The topological polar surface area (TPSA) is 76.6 Å². The van der Waals surface area contributed by atoms with Crippen molar-refractivity contribution in [1.82, 2.24) is 20.2 Å². The van der Waals surface area contributed by atoms with Crippen molar-refractivity contribution in [3.63, 3.8) is 0 Å². The Labute approximate surface area is 156 Å². The van der Waals surface area contributed by atoms with Crippen LogP contribution in [0.4, 0.5) is 0 Å². The number of nitrogens with zero attached hydrogens (tertiary/aromatic N) is 3. The van der Waals surface area contributed by atoms with Crippen molar-refractivity contribution >= 4 is 17.2 Å². The van der Waals surface area contributed by atoms with Crippen molar-refractivity contribution in [3.05, 3.63) is 40.5 Å². The van der Waals surface area contributed by atoms with E-state index in [1.54, 1.807) is 24.2 Å². The molecule has 26 heavy (non-hydrogen) atoms. The molecule has 2 aliphatic rings. The van der Waals surface area contributed by atoms with Gasteiger partial charge in [0, 0.05) is 55.2 Å². The van der Waals surface area contributed by atoms with Crippen LogP contribution in [0.15, 0.2) is 29.2 Å². The van der Waals surface area contributed by atoms with Crippen LogP contribution in [-0.2, 0) is 11.3 Å². The number of ether oxygens (including phenoxy) is 2. The maximum atomic E-state index is 12.1. The number of thiazole rings is 1. The molecule has 2 fully saturated rings. The molecule has 2 saturated heterocycles. The predicted octanol–water partition coefficient (Wildman–Crippen LogP) is 1.42. The molecule has 7 nitrogen and oxygen atoms in total. The number of rotatable bonds is 6. The number of methoxy groups -OCH3 is 1. The highest BCUT2D eigenvalue weighted by molar-refractivity contribution is 7.07. The number of hydrogen-bond donors (Lipinski definition) is 1. The second-order valence-corrected chi connectivity index (χ2v) is 7.46. The number of carbonyl (C=O) groups excluding carboxylic acids is 1. The molecule has 1 amide bonds. The summed E-state index contributed by atoms with van der Waals surface area (Å²) in [6, 6.07) is 3.98. The van der Waals surface area contributed by atoms with E-state index in [9.17, 15) is 4.79 Å². The number of pyridine rings is 1. The average Bonchev–Trinajstić information content (AvgIpc) is 3.38. The molecule has 0 saturated carbocycles. The first-order valence-electron chi connectivity index (χ1n) is 8.73. The molecule has 138 valence electrons. The van der Waals surface area contributed by atoms with Gasteiger partial charge in [0.05, 0.1) is 25.3 Å². The van der Waals surface area contributed by atoms with E-state index in [4.69, 9.17) is 9.47 Å². The third kappa shape index (κ3) is 3.58. The summed E-state index contributed by atoms with van der Waals surface area (Å²) in [5, 5.41) is 4.76. The first-order valence-corrected chi connectivity index (χ1v) is 9.67. The molecular formula is C18H22N4O3S. The van der Waals surface area contributed by atoms with Crippen molar-refractivity contribution < 1.29 is 14.3 Å². The van der Waals surface area contributed by atoms with Crippen LogP contribution >= 0.6 is 11.3 Å². The molecule has 4 rings (SSSR count). The lowest BCUT2D eigenvalue weighted by Gasteiger charge is -2.20. The molecule has 0 radical (unpaired) electrons. The van der Waals surface area contributed by atoms with Crippen LogP contribution in [0.3, 0.4) is 0 Å². The minimum Gasteiger partial charge on any atom is -0.481 e. The molecule has 0 bridgehead atoms. The van der Waals surface area contributed by atoms with E-state index >= 15 is 0 Å². The highest BCUT2D eigenvalue weighted by Gasteiger charge is 2.43. The van der Waals surface area contributed by atoms with Gasteiger partial charge in [-0.25, -0.2) is 9.97 Å². The zero-order valence-corrected chi connectivity index (χ0v) is 15.4. The molecular weight excluding hydrogens is 352 g/mol. The Morgan fingerprint density at radius 1 is 1.46 bits per heavy atom. The van der Waals surface area contributed by atoms with Gasteiger partial charge in [0.25, 0.3) is 5.91 Å². The first kappa shape index (κ1) is 17.4. The summed E-state index contributed by atoms with van der Waals surface area (Å²) in [5.74, 6) is 1.35. The van der Waals surface area contributed by atoms with Crippen LogP contribution in [0.5, 0.6) is 5.88 Å². The fraction of sp³-hybridized carbons (Fsp3) is 0.500. The molecule has 0 spiro atoms. The van der Waals surface area contributed by atoms with Gasteiger partial charge in [-0.1, -0.05) is 6.07 Å². The lowest BCUT2D eigenvalue weighted by Crippen LogP contribution is -2.34. The molecule has 2 aromatic heterocycles. The standard InChI is InChI=1S/C18H22N4O3S/c1-24-18-12(3-2-4-19-18)6-22-7-14-13(9-25-16(14)8-22)5-20-17(23)15-10-26-11-21-15/h2-4,10-11,13-14,16H,5-9H2,1H3,(H,20,23)/t13-,14+,16+/m1/s1. The van der Waals surface area contributed by atoms with Gasteiger partial charge in [0.2, 0.25) is 5.88 Å². The van der Waals surface area contributed by atoms with Crippen LogP contribution < -0.4 is 10.1 Å². The summed E-state index contributed by atoms with van der Waals surface area (Å²) in [7, 11) is 1.65. The molecule has 0 aromatic carbocycles. The van der Waals surface area contributed by atoms with Gasteiger partial charge in [-0.15, -0.1) is 11.3 Å². The van der Waals surface area contributed by atoms with Crippen LogP contribution in [0.25, 0.3) is 0 Å². The average molecular weight is 374 g/mol. The fourth-order valence-electron chi connectivity index (χ4n) is 3.83. The van der Waals surface area contributed by atoms with Crippen LogP contribution in [0.1, 0.15) is 16.1 Å². The van der Waals surface area contributed by atoms with Gasteiger partial charge in [-0.2, -0.15) is 0 Å². The van der Waals surface area contributed by atoms with E-state index < -0.39 is 0 Å². The van der Waals surface area contributed by atoms with Crippen molar-refractivity contribution in [2.45, 2.75) is 12.6 Å². The number of carbonyl (C=O) groups is 1. The van der Waals surface area contributed by atoms with Gasteiger partial charge < -0.3 is 14.8 Å². The summed E-state index contributed by atoms with van der Waals surface area (Å²) < 4.78 is 11.3. The van der Waals surface area contributed by atoms with Gasteiger partial charge in [-0.3, -0.25) is 9.69 Å². The molecule has 0 aliphatic carbocycles. The quantitative estimate of drug-likeness (QED) is 0.824. The minimum absolute atomic E-state index is 0.107. The summed E-state index contributed by atoms with van der Waals surface area (Å²) >= 11 is 1.43. The highest BCUT2D eigenvalue weighted by atomic mass is 32.1. The Kier molecular flexibility index (Phi) is 5.14. The summed E-state index contributed by atoms with van der Waals surface area (Å²) in [4.78, 5) is 22.8. The highest BCUT2D eigenvalue weighted by Crippen LogP contribution is 2.34. The van der Waals surface area contributed by atoms with Crippen molar-refractivity contribution in [1.29, 1.82) is 0 Å². The predicted molar refractivity (Wildman–Crippen MR) is 97.2 cm³/mol. The van der Waals surface area contributed by atoms with E-state index in [0.717, 1.165) is 25.2 Å². The molecule has 4 heterocycles. The van der Waals surface area contributed by atoms with E-state index in [0.29, 0.717) is 36.6 Å². The molecule has 3 atom stereocenters.